The molecule has 1 fully saturated rings. The van der Waals surface area contributed by atoms with Gasteiger partial charge in [0.05, 0.1) is 20.1 Å². The van der Waals surface area contributed by atoms with Crippen molar-refractivity contribution in [1.29, 1.82) is 0 Å². The molecule has 2 aromatic rings. The molecule has 0 bridgehead atoms. The van der Waals surface area contributed by atoms with E-state index in [2.05, 4.69) is 26.1 Å². The number of hydrogen-bond acceptors (Lipinski definition) is 6. The van der Waals surface area contributed by atoms with Crippen LogP contribution in [0.3, 0.4) is 0 Å². The number of carbonyl (C=O) groups is 2. The van der Waals surface area contributed by atoms with Crippen LogP contribution in [-0.2, 0) is 26.5 Å². The van der Waals surface area contributed by atoms with Crippen molar-refractivity contribution < 1.29 is 23.8 Å². The fraction of sp³-hybridized carbons (Fsp3) is 0.462. The molecule has 6 nitrogen and oxygen atoms in total. The lowest BCUT2D eigenvalue weighted by Gasteiger charge is -2.20. The predicted octanol–water partition coefficient (Wildman–Crippen LogP) is 5.97. The Balaban J connectivity index is 1.86. The highest BCUT2D eigenvalue weighted by atomic mass is 32.2. The molecule has 1 aliphatic rings. The molecule has 0 spiro atoms. The number of ether oxygens (including phenoxy) is 3. The van der Waals surface area contributed by atoms with Crippen LogP contribution < -0.4 is 14.8 Å². The predicted molar refractivity (Wildman–Crippen MR) is 132 cm³/mol. The first kappa shape index (κ1) is 25.0. The first-order valence-electron chi connectivity index (χ1n) is 11.3. The Labute approximate surface area is 200 Å². The summed E-state index contributed by atoms with van der Waals surface area (Å²) < 4.78 is 16.9. The number of amides is 1. The highest BCUT2D eigenvalue weighted by Crippen LogP contribution is 2.38. The van der Waals surface area contributed by atoms with Crippen molar-refractivity contribution in [2.24, 2.45) is 5.92 Å². The number of hydrogen-bond donors (Lipinski definition) is 1. The molecule has 1 amide bonds. The standard InChI is InChI=1S/C26H33NO5S/c1-6-31-24(28)14-17-7-11-22(30-5)23(13-17)32-21-12-10-20(27-25(29)18-8-9-18)15-19(21)16-33-26(2,3)4/h7,10-13,15,18H,6,8-9,14,16H2,1-5H3,(H,27,29). The van der Waals surface area contributed by atoms with Crippen molar-refractivity contribution in [3.05, 3.63) is 47.5 Å². The maximum atomic E-state index is 12.2. The topological polar surface area (TPSA) is 73.9 Å². The average Bonchev–Trinajstić information content (AvgIpc) is 3.59. The van der Waals surface area contributed by atoms with Gasteiger partial charge in [0, 0.05) is 27.7 Å². The zero-order valence-corrected chi connectivity index (χ0v) is 20.8. The van der Waals surface area contributed by atoms with Crippen LogP contribution in [0.2, 0.25) is 0 Å². The largest absolute Gasteiger partial charge is 0.493 e. The maximum Gasteiger partial charge on any atom is 0.310 e. The second-order valence-electron chi connectivity index (χ2n) is 9.06. The van der Waals surface area contributed by atoms with Gasteiger partial charge in [-0.1, -0.05) is 26.8 Å². The van der Waals surface area contributed by atoms with Gasteiger partial charge in [0.1, 0.15) is 5.75 Å². The minimum absolute atomic E-state index is 0.0712. The van der Waals surface area contributed by atoms with Crippen molar-refractivity contribution in [2.75, 3.05) is 19.0 Å². The number of anilines is 1. The fourth-order valence-corrected chi connectivity index (χ4v) is 3.98. The number of esters is 1. The molecule has 0 unspecified atom stereocenters. The summed E-state index contributed by atoms with van der Waals surface area (Å²) in [5.41, 5.74) is 2.52. The maximum absolute atomic E-state index is 12.2. The van der Waals surface area contributed by atoms with Gasteiger partial charge in [-0.05, 0) is 55.7 Å². The number of carbonyl (C=O) groups excluding carboxylic acids is 2. The number of nitrogens with one attached hydrogen (secondary N) is 1. The molecule has 0 aromatic heterocycles. The third-order valence-corrected chi connectivity index (χ3v) is 6.36. The Morgan fingerprint density at radius 3 is 2.42 bits per heavy atom. The van der Waals surface area contributed by atoms with E-state index in [1.165, 1.54) is 0 Å². The van der Waals surface area contributed by atoms with Gasteiger partial charge < -0.3 is 19.5 Å². The fourth-order valence-electron chi connectivity index (χ4n) is 3.16. The smallest absolute Gasteiger partial charge is 0.310 e. The third kappa shape index (κ3) is 7.70. The Kier molecular flexibility index (Phi) is 8.30. The second-order valence-corrected chi connectivity index (χ2v) is 10.9. The van der Waals surface area contributed by atoms with E-state index in [1.54, 1.807) is 37.9 Å². The summed E-state index contributed by atoms with van der Waals surface area (Å²) in [5, 5.41) is 3.02. The number of benzene rings is 2. The van der Waals surface area contributed by atoms with E-state index in [-0.39, 0.29) is 29.0 Å². The Hall–Kier alpha value is -2.67. The molecule has 3 rings (SSSR count). The van der Waals surface area contributed by atoms with Gasteiger partial charge in [-0.25, -0.2) is 0 Å². The van der Waals surface area contributed by atoms with E-state index in [0.29, 0.717) is 23.9 Å². The third-order valence-electron chi connectivity index (χ3n) is 5.04. The summed E-state index contributed by atoms with van der Waals surface area (Å²) >= 11 is 1.80. The van der Waals surface area contributed by atoms with Crippen LogP contribution >= 0.6 is 11.8 Å². The second kappa shape index (κ2) is 11.0. The van der Waals surface area contributed by atoms with Crippen LogP contribution in [0.25, 0.3) is 0 Å². The van der Waals surface area contributed by atoms with Gasteiger partial charge in [-0.15, -0.1) is 0 Å². The number of methoxy groups -OCH3 is 1. The Bertz CT molecular complexity index is 995. The van der Waals surface area contributed by atoms with Crippen molar-refractivity contribution in [3.8, 4) is 17.2 Å². The molecule has 33 heavy (non-hydrogen) atoms. The molecular weight excluding hydrogens is 438 g/mol. The monoisotopic (exact) mass is 471 g/mol. The van der Waals surface area contributed by atoms with E-state index in [0.717, 1.165) is 35.4 Å². The molecule has 178 valence electrons. The van der Waals surface area contributed by atoms with Gasteiger partial charge in [-0.3, -0.25) is 9.59 Å². The molecule has 0 radical (unpaired) electrons. The normalized spacial score (nSPS) is 13.4. The number of rotatable bonds is 10. The molecule has 7 heteroatoms. The van der Waals surface area contributed by atoms with Gasteiger partial charge in [0.25, 0.3) is 0 Å². The minimum Gasteiger partial charge on any atom is -0.493 e. The van der Waals surface area contributed by atoms with Crippen molar-refractivity contribution in [1.82, 2.24) is 0 Å². The number of thioether (sulfide) groups is 1. The van der Waals surface area contributed by atoms with E-state index in [4.69, 9.17) is 14.2 Å². The van der Waals surface area contributed by atoms with Gasteiger partial charge in [0.15, 0.2) is 11.5 Å². The summed E-state index contributed by atoms with van der Waals surface area (Å²) in [5.74, 6) is 2.43. The van der Waals surface area contributed by atoms with E-state index in [9.17, 15) is 9.59 Å². The Morgan fingerprint density at radius 1 is 1.06 bits per heavy atom. The lowest BCUT2D eigenvalue weighted by molar-refractivity contribution is -0.142. The molecule has 1 aliphatic carbocycles. The highest BCUT2D eigenvalue weighted by molar-refractivity contribution is 7.99. The molecule has 0 aliphatic heterocycles. The molecule has 2 aromatic carbocycles. The summed E-state index contributed by atoms with van der Waals surface area (Å²) in [6.45, 7) is 8.63. The molecule has 0 saturated heterocycles. The summed E-state index contributed by atoms with van der Waals surface area (Å²) in [6.07, 6.45) is 2.08. The Morgan fingerprint density at radius 2 is 1.79 bits per heavy atom. The van der Waals surface area contributed by atoms with Gasteiger partial charge in [-0.2, -0.15) is 11.8 Å². The van der Waals surface area contributed by atoms with E-state index >= 15 is 0 Å². The van der Waals surface area contributed by atoms with E-state index < -0.39 is 0 Å². The zero-order valence-electron chi connectivity index (χ0n) is 20.0. The van der Waals surface area contributed by atoms with Crippen LogP contribution in [0.4, 0.5) is 5.69 Å². The first-order valence-corrected chi connectivity index (χ1v) is 12.2. The lowest BCUT2D eigenvalue weighted by atomic mass is 10.1. The van der Waals surface area contributed by atoms with Gasteiger partial charge >= 0.3 is 5.97 Å². The van der Waals surface area contributed by atoms with Gasteiger partial charge in [0.2, 0.25) is 5.91 Å². The van der Waals surface area contributed by atoms with Crippen LogP contribution in [-0.4, -0.2) is 30.3 Å². The molecular formula is C26H33NO5S. The van der Waals surface area contributed by atoms with Crippen LogP contribution in [0.1, 0.15) is 51.7 Å². The van der Waals surface area contributed by atoms with Crippen molar-refractivity contribution in [3.63, 3.8) is 0 Å². The summed E-state index contributed by atoms with van der Waals surface area (Å²) in [6, 6.07) is 11.1. The zero-order chi connectivity index (χ0) is 24.0. The van der Waals surface area contributed by atoms with E-state index in [1.807, 2.05) is 24.3 Å². The SMILES string of the molecule is CCOC(=O)Cc1ccc(OC)c(Oc2ccc(NC(=O)C3CC3)cc2CSC(C)(C)C)c1. The van der Waals surface area contributed by atoms with Crippen LogP contribution in [0.15, 0.2) is 36.4 Å². The van der Waals surface area contributed by atoms with Crippen molar-refractivity contribution >= 4 is 29.3 Å². The molecule has 1 saturated carbocycles. The molecule has 1 N–H and O–H groups in total. The lowest BCUT2D eigenvalue weighted by Crippen LogP contribution is -2.13. The minimum atomic E-state index is -0.286. The first-order chi connectivity index (χ1) is 15.7. The average molecular weight is 472 g/mol. The summed E-state index contributed by atoms with van der Waals surface area (Å²) in [7, 11) is 1.58. The van der Waals surface area contributed by atoms with Crippen molar-refractivity contribution in [2.45, 2.75) is 57.5 Å². The quantitative estimate of drug-likeness (QED) is 0.430. The van der Waals surface area contributed by atoms with Crippen LogP contribution in [0, 0.1) is 5.92 Å². The molecule has 0 heterocycles. The van der Waals surface area contributed by atoms with Crippen LogP contribution in [0.5, 0.6) is 17.2 Å². The molecule has 0 atom stereocenters. The highest BCUT2D eigenvalue weighted by Gasteiger charge is 2.29. The summed E-state index contributed by atoms with van der Waals surface area (Å²) in [4.78, 5) is 24.1.